The van der Waals surface area contributed by atoms with E-state index in [1.165, 1.54) is 24.3 Å². The molecule has 2 aromatic rings. The van der Waals surface area contributed by atoms with Gasteiger partial charge in [-0.1, -0.05) is 0 Å². The topological polar surface area (TPSA) is 90.3 Å². The third-order valence-corrected chi connectivity index (χ3v) is 4.66. The van der Waals surface area contributed by atoms with Crippen molar-refractivity contribution in [3.05, 3.63) is 48.3 Å². The fourth-order valence-corrected chi connectivity index (χ4v) is 3.28. The summed E-state index contributed by atoms with van der Waals surface area (Å²) in [7, 11) is -3.66. The highest BCUT2D eigenvalue weighted by molar-refractivity contribution is 7.89. The van der Waals surface area contributed by atoms with Crippen LogP contribution in [0.15, 0.2) is 47.6 Å². The molecule has 0 radical (unpaired) electrons. The highest BCUT2D eigenvalue weighted by Gasteiger charge is 2.18. The van der Waals surface area contributed by atoms with Gasteiger partial charge in [0.15, 0.2) is 0 Å². The lowest BCUT2D eigenvalue weighted by molar-refractivity contribution is 0.0526. The van der Waals surface area contributed by atoms with Crippen LogP contribution in [0.2, 0.25) is 0 Å². The van der Waals surface area contributed by atoms with Crippen LogP contribution in [0.1, 0.15) is 24.2 Å². The smallest absolute Gasteiger partial charge is 0.338 e. The summed E-state index contributed by atoms with van der Waals surface area (Å²) in [5, 5.41) is 4.04. The molecule has 23 heavy (non-hydrogen) atoms. The van der Waals surface area contributed by atoms with Gasteiger partial charge in [0, 0.05) is 18.4 Å². The Morgan fingerprint density at radius 3 is 2.61 bits per heavy atom. The van der Waals surface area contributed by atoms with Gasteiger partial charge in [0.05, 0.1) is 23.6 Å². The third-order valence-electron chi connectivity index (χ3n) is 3.05. The number of sulfonamides is 1. The minimum absolute atomic E-state index is 0.0952. The summed E-state index contributed by atoms with van der Waals surface area (Å²) < 4.78 is 33.7. The van der Waals surface area contributed by atoms with Crippen molar-refractivity contribution >= 4 is 16.0 Å². The second-order valence-electron chi connectivity index (χ2n) is 5.00. The highest BCUT2D eigenvalue weighted by atomic mass is 32.2. The number of nitrogens with zero attached hydrogens (tertiary/aromatic N) is 2. The average molecular weight is 337 g/mol. The number of carbonyl (C=O) groups is 1. The molecule has 0 aliphatic heterocycles. The van der Waals surface area contributed by atoms with Crippen LogP contribution < -0.4 is 4.72 Å². The first-order valence-corrected chi connectivity index (χ1v) is 8.67. The van der Waals surface area contributed by atoms with Crippen molar-refractivity contribution in [3.8, 4) is 0 Å². The van der Waals surface area contributed by atoms with E-state index in [0.717, 1.165) is 0 Å². The monoisotopic (exact) mass is 337 g/mol. The van der Waals surface area contributed by atoms with E-state index in [0.29, 0.717) is 12.1 Å². The Kier molecular flexibility index (Phi) is 5.51. The van der Waals surface area contributed by atoms with Crippen molar-refractivity contribution in [1.29, 1.82) is 0 Å². The molecule has 1 aromatic carbocycles. The highest BCUT2D eigenvalue weighted by Crippen LogP contribution is 2.12. The van der Waals surface area contributed by atoms with E-state index in [1.54, 1.807) is 37.0 Å². The third kappa shape index (κ3) is 4.64. The quantitative estimate of drug-likeness (QED) is 0.772. The first-order chi connectivity index (χ1) is 10.9. The number of esters is 1. The second-order valence-corrected chi connectivity index (χ2v) is 6.71. The molecule has 0 saturated carbocycles. The maximum Gasteiger partial charge on any atom is 0.338 e. The molecular formula is C15H19N3O4S. The normalized spacial score (nSPS) is 12.8. The van der Waals surface area contributed by atoms with E-state index in [4.69, 9.17) is 4.74 Å². The van der Waals surface area contributed by atoms with Crippen LogP contribution >= 0.6 is 0 Å². The standard InChI is InChI=1S/C15H19N3O4S/c1-3-22-15(19)13-5-7-14(8-6-13)23(20,21)17-12(2)11-18-10-4-9-16-18/h4-10,12,17H,3,11H2,1-2H3. The number of aromatic nitrogens is 2. The molecule has 0 saturated heterocycles. The lowest BCUT2D eigenvalue weighted by Crippen LogP contribution is -2.35. The van der Waals surface area contributed by atoms with Gasteiger partial charge in [0.25, 0.3) is 0 Å². The van der Waals surface area contributed by atoms with Crippen molar-refractivity contribution in [2.45, 2.75) is 31.3 Å². The molecule has 1 unspecified atom stereocenters. The summed E-state index contributed by atoms with van der Waals surface area (Å²) in [5.41, 5.74) is 0.315. The van der Waals surface area contributed by atoms with Gasteiger partial charge in [-0.15, -0.1) is 0 Å². The SMILES string of the molecule is CCOC(=O)c1ccc(S(=O)(=O)NC(C)Cn2cccn2)cc1. The molecule has 124 valence electrons. The van der Waals surface area contributed by atoms with Crippen LogP contribution in [0, 0.1) is 0 Å². The van der Waals surface area contributed by atoms with E-state index in [-0.39, 0.29) is 17.5 Å². The predicted molar refractivity (Wildman–Crippen MR) is 84.4 cm³/mol. The van der Waals surface area contributed by atoms with E-state index < -0.39 is 16.0 Å². The summed E-state index contributed by atoms with van der Waals surface area (Å²) in [5.74, 6) is -0.476. The van der Waals surface area contributed by atoms with Crippen molar-refractivity contribution in [1.82, 2.24) is 14.5 Å². The maximum atomic E-state index is 12.3. The van der Waals surface area contributed by atoms with Gasteiger partial charge in [-0.2, -0.15) is 5.10 Å². The van der Waals surface area contributed by atoms with Crippen LogP contribution in [-0.4, -0.2) is 36.8 Å². The number of carbonyl (C=O) groups excluding carboxylic acids is 1. The van der Waals surface area contributed by atoms with Crippen LogP contribution in [0.3, 0.4) is 0 Å². The maximum absolute atomic E-state index is 12.3. The second kappa shape index (κ2) is 7.38. The number of ether oxygens (including phenoxy) is 1. The summed E-state index contributed by atoms with van der Waals surface area (Å²) in [4.78, 5) is 11.7. The van der Waals surface area contributed by atoms with Gasteiger partial charge >= 0.3 is 5.97 Å². The molecule has 2 rings (SSSR count). The van der Waals surface area contributed by atoms with E-state index in [1.807, 2.05) is 0 Å². The Balaban J connectivity index is 2.05. The molecular weight excluding hydrogens is 318 g/mol. The molecule has 7 nitrogen and oxygen atoms in total. The molecule has 0 spiro atoms. The minimum Gasteiger partial charge on any atom is -0.462 e. The zero-order valence-electron chi connectivity index (χ0n) is 13.0. The van der Waals surface area contributed by atoms with Crippen molar-refractivity contribution in [2.75, 3.05) is 6.61 Å². The molecule has 1 heterocycles. The Labute approximate surface area is 135 Å². The summed E-state index contributed by atoms with van der Waals surface area (Å²) >= 11 is 0. The van der Waals surface area contributed by atoms with Crippen molar-refractivity contribution in [2.24, 2.45) is 0 Å². The largest absolute Gasteiger partial charge is 0.462 e. The number of rotatable bonds is 7. The van der Waals surface area contributed by atoms with Crippen LogP contribution in [-0.2, 0) is 21.3 Å². The van der Waals surface area contributed by atoms with E-state index >= 15 is 0 Å². The minimum atomic E-state index is -3.66. The Bertz CT molecular complexity index is 740. The van der Waals surface area contributed by atoms with Gasteiger partial charge in [-0.25, -0.2) is 17.9 Å². The molecule has 1 atom stereocenters. The first kappa shape index (κ1) is 17.2. The molecule has 1 N–H and O–H groups in total. The number of hydrogen-bond donors (Lipinski definition) is 1. The van der Waals surface area contributed by atoms with E-state index in [9.17, 15) is 13.2 Å². The molecule has 0 aliphatic carbocycles. The molecule has 8 heteroatoms. The van der Waals surface area contributed by atoms with Gasteiger partial charge < -0.3 is 4.74 Å². The van der Waals surface area contributed by atoms with Crippen LogP contribution in [0.5, 0.6) is 0 Å². The number of hydrogen-bond acceptors (Lipinski definition) is 5. The summed E-state index contributed by atoms with van der Waals surface area (Å²) in [6.07, 6.45) is 3.40. The van der Waals surface area contributed by atoms with Crippen LogP contribution in [0.25, 0.3) is 0 Å². The lowest BCUT2D eigenvalue weighted by atomic mass is 10.2. The van der Waals surface area contributed by atoms with E-state index in [2.05, 4.69) is 9.82 Å². The zero-order chi connectivity index (χ0) is 16.9. The Hall–Kier alpha value is -2.19. The Morgan fingerprint density at radius 1 is 1.35 bits per heavy atom. The number of nitrogens with one attached hydrogen (secondary N) is 1. The molecule has 0 fully saturated rings. The number of benzene rings is 1. The lowest BCUT2D eigenvalue weighted by Gasteiger charge is -2.14. The van der Waals surface area contributed by atoms with Gasteiger partial charge in [-0.3, -0.25) is 4.68 Å². The molecule has 0 amide bonds. The fraction of sp³-hybridized carbons (Fsp3) is 0.333. The summed E-state index contributed by atoms with van der Waals surface area (Å²) in [6, 6.07) is 7.08. The van der Waals surface area contributed by atoms with Crippen molar-refractivity contribution < 1.29 is 17.9 Å². The Morgan fingerprint density at radius 2 is 2.04 bits per heavy atom. The van der Waals surface area contributed by atoms with Crippen LogP contribution in [0.4, 0.5) is 0 Å². The molecule has 1 aromatic heterocycles. The molecule has 0 bridgehead atoms. The zero-order valence-corrected chi connectivity index (χ0v) is 13.8. The molecule has 0 aliphatic rings. The van der Waals surface area contributed by atoms with Gasteiger partial charge in [-0.05, 0) is 44.2 Å². The predicted octanol–water partition coefficient (Wildman–Crippen LogP) is 1.43. The first-order valence-electron chi connectivity index (χ1n) is 7.19. The van der Waals surface area contributed by atoms with Gasteiger partial charge in [0.1, 0.15) is 0 Å². The average Bonchev–Trinajstić information content (AvgIpc) is 3.00. The summed E-state index contributed by atoms with van der Waals surface area (Å²) in [6.45, 7) is 4.16. The fourth-order valence-electron chi connectivity index (χ4n) is 2.04. The van der Waals surface area contributed by atoms with Gasteiger partial charge in [0.2, 0.25) is 10.0 Å². The van der Waals surface area contributed by atoms with Crippen molar-refractivity contribution in [3.63, 3.8) is 0 Å².